The van der Waals surface area contributed by atoms with Crippen molar-refractivity contribution in [1.82, 2.24) is 4.98 Å². The molecule has 0 unspecified atom stereocenters. The van der Waals surface area contributed by atoms with Crippen LogP contribution in [0.5, 0.6) is 0 Å². The van der Waals surface area contributed by atoms with Gasteiger partial charge in [0.15, 0.2) is 9.84 Å². The summed E-state index contributed by atoms with van der Waals surface area (Å²) in [5.41, 5.74) is 2.83. The van der Waals surface area contributed by atoms with Gasteiger partial charge in [0.05, 0.1) is 28.5 Å². The van der Waals surface area contributed by atoms with Gasteiger partial charge in [-0.3, -0.25) is 9.78 Å². The average Bonchev–Trinajstić information content (AvgIpc) is 2.51. The van der Waals surface area contributed by atoms with Gasteiger partial charge in [0.1, 0.15) is 0 Å². The summed E-state index contributed by atoms with van der Waals surface area (Å²) in [5, 5.41) is 2.83. The van der Waals surface area contributed by atoms with Crippen molar-refractivity contribution < 1.29 is 13.2 Å². The first-order chi connectivity index (χ1) is 10.8. The highest BCUT2D eigenvalue weighted by molar-refractivity contribution is 7.91. The van der Waals surface area contributed by atoms with Gasteiger partial charge in [-0.25, -0.2) is 8.42 Å². The summed E-state index contributed by atoms with van der Waals surface area (Å²) in [4.78, 5) is 16.7. The van der Waals surface area contributed by atoms with Crippen LogP contribution < -0.4 is 5.32 Å². The van der Waals surface area contributed by atoms with Gasteiger partial charge in [0.25, 0.3) is 0 Å². The maximum Gasteiger partial charge on any atom is 0.228 e. The van der Waals surface area contributed by atoms with Crippen molar-refractivity contribution in [3.63, 3.8) is 0 Å². The van der Waals surface area contributed by atoms with Gasteiger partial charge >= 0.3 is 0 Å². The third-order valence-corrected chi connectivity index (χ3v) is 5.48. The molecule has 0 saturated heterocycles. The van der Waals surface area contributed by atoms with E-state index >= 15 is 0 Å². The van der Waals surface area contributed by atoms with E-state index in [0.29, 0.717) is 11.3 Å². The van der Waals surface area contributed by atoms with Crippen LogP contribution in [0.15, 0.2) is 41.4 Å². The summed E-state index contributed by atoms with van der Waals surface area (Å²) in [5.74, 6) is -0.255. The second-order valence-corrected chi connectivity index (χ2v) is 7.57. The van der Waals surface area contributed by atoms with Crippen molar-refractivity contribution in [2.24, 2.45) is 0 Å². The number of nitrogens with zero attached hydrogens (tertiary/aromatic N) is 1. The summed E-state index contributed by atoms with van der Waals surface area (Å²) >= 11 is 0. The molecule has 6 heteroatoms. The fourth-order valence-electron chi connectivity index (χ4n) is 2.35. The molecule has 5 nitrogen and oxygen atoms in total. The van der Waals surface area contributed by atoms with Crippen LogP contribution >= 0.6 is 0 Å². The maximum absolute atomic E-state index is 12.3. The fourth-order valence-corrected chi connectivity index (χ4v) is 3.49. The Morgan fingerprint density at radius 1 is 1.17 bits per heavy atom. The van der Waals surface area contributed by atoms with Gasteiger partial charge in [0, 0.05) is 6.20 Å². The lowest BCUT2D eigenvalue weighted by Gasteiger charge is -2.12. The van der Waals surface area contributed by atoms with E-state index in [1.54, 1.807) is 37.4 Å². The minimum absolute atomic E-state index is 0.00315. The van der Waals surface area contributed by atoms with E-state index in [0.717, 1.165) is 11.3 Å². The molecule has 2 rings (SSSR count). The van der Waals surface area contributed by atoms with Crippen LogP contribution in [0.3, 0.4) is 0 Å². The van der Waals surface area contributed by atoms with Crippen LogP contribution in [0.2, 0.25) is 0 Å². The Hall–Kier alpha value is -2.21. The molecule has 1 N–H and O–H groups in total. The van der Waals surface area contributed by atoms with Crippen LogP contribution in [0.1, 0.15) is 23.7 Å². The number of hydrogen-bond acceptors (Lipinski definition) is 4. The lowest BCUT2D eigenvalue weighted by Crippen LogP contribution is -2.18. The third kappa shape index (κ3) is 3.96. The number of rotatable bonds is 5. The minimum atomic E-state index is -3.36. The van der Waals surface area contributed by atoms with Crippen molar-refractivity contribution in [3.8, 4) is 0 Å². The van der Waals surface area contributed by atoms with Crippen molar-refractivity contribution >= 4 is 21.4 Å². The van der Waals surface area contributed by atoms with Crippen LogP contribution in [-0.4, -0.2) is 25.1 Å². The Balaban J connectivity index is 2.25. The van der Waals surface area contributed by atoms with E-state index in [9.17, 15) is 13.2 Å². The van der Waals surface area contributed by atoms with Crippen molar-refractivity contribution in [1.29, 1.82) is 0 Å². The molecule has 0 radical (unpaired) electrons. The summed E-state index contributed by atoms with van der Waals surface area (Å²) < 4.78 is 24.3. The van der Waals surface area contributed by atoms with E-state index in [-0.39, 0.29) is 23.0 Å². The zero-order valence-electron chi connectivity index (χ0n) is 13.5. The molecule has 0 fully saturated rings. The highest BCUT2D eigenvalue weighted by Crippen LogP contribution is 2.20. The molecule has 0 spiro atoms. The Labute approximate surface area is 136 Å². The molecule has 1 aromatic heterocycles. The summed E-state index contributed by atoms with van der Waals surface area (Å²) in [6.45, 7) is 5.30. The number of pyridine rings is 1. The predicted octanol–water partition coefficient (Wildman–Crippen LogP) is 2.67. The largest absolute Gasteiger partial charge is 0.324 e. The quantitative estimate of drug-likeness (QED) is 0.913. The van der Waals surface area contributed by atoms with Gasteiger partial charge in [0.2, 0.25) is 5.91 Å². The van der Waals surface area contributed by atoms with Gasteiger partial charge in [-0.2, -0.15) is 0 Å². The first-order valence-electron chi connectivity index (χ1n) is 7.38. The molecule has 2 aromatic rings. The van der Waals surface area contributed by atoms with E-state index in [4.69, 9.17) is 0 Å². The number of benzene rings is 1. The highest BCUT2D eigenvalue weighted by atomic mass is 32.2. The Bertz CT molecular complexity index is 809. The number of aryl methyl sites for hydroxylation is 2. The lowest BCUT2D eigenvalue weighted by atomic mass is 10.1. The molecule has 1 aromatic carbocycles. The summed E-state index contributed by atoms with van der Waals surface area (Å²) in [6, 6.07) is 8.43. The Morgan fingerprint density at radius 3 is 2.52 bits per heavy atom. The van der Waals surface area contributed by atoms with E-state index in [2.05, 4.69) is 10.3 Å². The number of amides is 1. The third-order valence-electron chi connectivity index (χ3n) is 3.65. The first-order valence-corrected chi connectivity index (χ1v) is 9.03. The van der Waals surface area contributed by atoms with Gasteiger partial charge in [-0.05, 0) is 37.1 Å². The van der Waals surface area contributed by atoms with E-state index in [1.165, 1.54) is 0 Å². The Kier molecular flexibility index (Phi) is 5.15. The van der Waals surface area contributed by atoms with Gasteiger partial charge in [-0.15, -0.1) is 0 Å². The molecule has 1 heterocycles. The molecule has 0 aliphatic heterocycles. The monoisotopic (exact) mass is 332 g/mol. The number of aromatic nitrogens is 1. The van der Waals surface area contributed by atoms with Gasteiger partial charge < -0.3 is 5.32 Å². The highest BCUT2D eigenvalue weighted by Gasteiger charge is 2.18. The lowest BCUT2D eigenvalue weighted by molar-refractivity contribution is -0.115. The van der Waals surface area contributed by atoms with Crippen LogP contribution in [0.25, 0.3) is 0 Å². The Morgan fingerprint density at radius 2 is 1.87 bits per heavy atom. The molecular weight excluding hydrogens is 312 g/mol. The van der Waals surface area contributed by atoms with Crippen molar-refractivity contribution in [2.45, 2.75) is 32.1 Å². The number of nitrogens with one attached hydrogen (secondary N) is 1. The predicted molar refractivity (Wildman–Crippen MR) is 90.2 cm³/mol. The van der Waals surface area contributed by atoms with E-state index in [1.807, 2.05) is 19.9 Å². The van der Waals surface area contributed by atoms with Crippen molar-refractivity contribution in [3.05, 3.63) is 53.3 Å². The molecule has 122 valence electrons. The molecule has 0 saturated carbocycles. The molecule has 0 aliphatic carbocycles. The molecular formula is C17H20N2O3S. The van der Waals surface area contributed by atoms with Gasteiger partial charge in [-0.1, -0.05) is 25.1 Å². The number of anilines is 1. The SMILES string of the molecule is CCS(=O)(=O)c1ccccc1CC(=O)Nc1c(C)ccnc1C. The standard InChI is InChI=1S/C17H20N2O3S/c1-4-23(21,22)15-8-6-5-7-14(15)11-16(20)19-17-12(2)9-10-18-13(17)3/h5-10H,4,11H2,1-3H3,(H,19,20). The normalized spacial score (nSPS) is 11.3. The van der Waals surface area contributed by atoms with Crippen LogP contribution in [0.4, 0.5) is 5.69 Å². The molecule has 1 amide bonds. The molecule has 0 aliphatic rings. The van der Waals surface area contributed by atoms with Crippen molar-refractivity contribution in [2.75, 3.05) is 11.1 Å². The maximum atomic E-state index is 12.3. The number of sulfone groups is 1. The van der Waals surface area contributed by atoms with Crippen LogP contribution in [-0.2, 0) is 21.1 Å². The van der Waals surface area contributed by atoms with E-state index < -0.39 is 9.84 Å². The molecule has 0 atom stereocenters. The zero-order valence-corrected chi connectivity index (χ0v) is 14.3. The average molecular weight is 332 g/mol. The first kappa shape index (κ1) is 17.1. The molecule has 0 bridgehead atoms. The second kappa shape index (κ2) is 6.91. The fraction of sp³-hybridized carbons (Fsp3) is 0.294. The number of carbonyl (C=O) groups excluding carboxylic acids is 1. The number of hydrogen-bond donors (Lipinski definition) is 1. The minimum Gasteiger partial charge on any atom is -0.324 e. The molecule has 23 heavy (non-hydrogen) atoms. The zero-order chi connectivity index (χ0) is 17.0. The topological polar surface area (TPSA) is 76.1 Å². The summed E-state index contributed by atoms with van der Waals surface area (Å²) in [6.07, 6.45) is 1.69. The smallest absolute Gasteiger partial charge is 0.228 e. The summed E-state index contributed by atoms with van der Waals surface area (Å²) in [7, 11) is -3.36. The number of carbonyl (C=O) groups is 1. The second-order valence-electron chi connectivity index (χ2n) is 5.32. The van der Waals surface area contributed by atoms with Crippen LogP contribution in [0, 0.1) is 13.8 Å².